The highest BCUT2D eigenvalue weighted by Crippen LogP contribution is 2.19. The van der Waals surface area contributed by atoms with E-state index in [1.807, 2.05) is 12.1 Å². The third-order valence-corrected chi connectivity index (χ3v) is 3.20. The highest BCUT2D eigenvalue weighted by Gasteiger charge is 2.11. The van der Waals surface area contributed by atoms with Crippen LogP contribution in [0.1, 0.15) is 0 Å². The lowest BCUT2D eigenvalue weighted by atomic mass is 10.2. The Hall–Kier alpha value is -1.60. The second-order valence-electron chi connectivity index (χ2n) is 4.01. The van der Waals surface area contributed by atoms with Gasteiger partial charge in [0.25, 0.3) is 0 Å². The van der Waals surface area contributed by atoms with Crippen molar-refractivity contribution in [2.45, 2.75) is 5.16 Å². The van der Waals surface area contributed by atoms with Crippen LogP contribution in [-0.4, -0.2) is 46.5 Å². The third kappa shape index (κ3) is 2.19. The predicted octanol–water partition coefficient (Wildman–Crippen LogP) is 0.788. The fourth-order valence-corrected chi connectivity index (χ4v) is 2.17. The van der Waals surface area contributed by atoms with Crippen LogP contribution in [-0.2, 0) is 4.74 Å². The van der Waals surface area contributed by atoms with Crippen LogP contribution in [0.15, 0.2) is 29.4 Å². The number of aromatic nitrogens is 4. The molecule has 2 heterocycles. The van der Waals surface area contributed by atoms with Gasteiger partial charge in [-0.3, -0.25) is 0 Å². The molecule has 7 heteroatoms. The summed E-state index contributed by atoms with van der Waals surface area (Å²) in [5, 5.41) is 11.7. The third-order valence-electron chi connectivity index (χ3n) is 2.92. The molecule has 3 rings (SSSR count). The van der Waals surface area contributed by atoms with Gasteiger partial charge in [-0.25, -0.2) is 0 Å². The number of nitrogens with zero attached hydrogens (tertiary/aromatic N) is 5. The molecule has 0 unspecified atom stereocenters. The number of morpholine rings is 1. The zero-order valence-corrected chi connectivity index (χ0v) is 10.6. The SMILES string of the molecule is Sc1nnnn1-c1ccc(N2CCOCC2)cc1. The van der Waals surface area contributed by atoms with Crippen molar-refractivity contribution in [1.82, 2.24) is 20.2 Å². The standard InChI is InChI=1S/C11H13N5OS/c18-11-12-13-14-16(11)10-3-1-9(2-4-10)15-5-7-17-8-6-15/h1-4H,5-8H2,(H,12,14,18). The van der Waals surface area contributed by atoms with Gasteiger partial charge in [0.2, 0.25) is 5.16 Å². The van der Waals surface area contributed by atoms with Crippen molar-refractivity contribution in [3.63, 3.8) is 0 Å². The molecular weight excluding hydrogens is 250 g/mol. The Morgan fingerprint density at radius 3 is 2.33 bits per heavy atom. The van der Waals surface area contributed by atoms with Crippen molar-refractivity contribution in [2.24, 2.45) is 0 Å². The number of rotatable bonds is 2. The molecule has 1 fully saturated rings. The number of ether oxygens (including phenoxy) is 1. The normalized spacial score (nSPS) is 15.9. The molecule has 1 aliphatic rings. The zero-order valence-electron chi connectivity index (χ0n) is 9.73. The first-order valence-electron chi connectivity index (χ1n) is 5.75. The summed E-state index contributed by atoms with van der Waals surface area (Å²) in [6.45, 7) is 3.44. The largest absolute Gasteiger partial charge is 0.378 e. The minimum absolute atomic E-state index is 0.481. The summed E-state index contributed by atoms with van der Waals surface area (Å²) in [5.41, 5.74) is 2.10. The van der Waals surface area contributed by atoms with E-state index in [1.165, 1.54) is 5.69 Å². The van der Waals surface area contributed by atoms with Crippen LogP contribution in [0.2, 0.25) is 0 Å². The predicted molar refractivity (Wildman–Crippen MR) is 69.4 cm³/mol. The first kappa shape index (κ1) is 11.5. The van der Waals surface area contributed by atoms with Gasteiger partial charge in [-0.1, -0.05) is 0 Å². The van der Waals surface area contributed by atoms with Crippen LogP contribution in [0, 0.1) is 0 Å². The fourth-order valence-electron chi connectivity index (χ4n) is 1.98. The van der Waals surface area contributed by atoms with Crippen LogP contribution in [0.5, 0.6) is 0 Å². The second-order valence-corrected chi connectivity index (χ2v) is 4.41. The Balaban J connectivity index is 1.82. The minimum atomic E-state index is 0.481. The molecule has 0 bridgehead atoms. The molecule has 1 saturated heterocycles. The summed E-state index contributed by atoms with van der Waals surface area (Å²) in [4.78, 5) is 2.30. The first-order valence-corrected chi connectivity index (χ1v) is 6.20. The monoisotopic (exact) mass is 263 g/mol. The van der Waals surface area contributed by atoms with E-state index in [9.17, 15) is 0 Å². The number of anilines is 1. The van der Waals surface area contributed by atoms with Crippen molar-refractivity contribution in [3.05, 3.63) is 24.3 Å². The Morgan fingerprint density at radius 1 is 1.06 bits per heavy atom. The van der Waals surface area contributed by atoms with Gasteiger partial charge >= 0.3 is 0 Å². The molecule has 1 aliphatic heterocycles. The fraction of sp³-hybridized carbons (Fsp3) is 0.364. The maximum absolute atomic E-state index is 5.34. The van der Waals surface area contributed by atoms with E-state index in [1.54, 1.807) is 4.68 Å². The van der Waals surface area contributed by atoms with E-state index in [-0.39, 0.29) is 0 Å². The van der Waals surface area contributed by atoms with Crippen LogP contribution >= 0.6 is 12.6 Å². The summed E-state index contributed by atoms with van der Waals surface area (Å²) >= 11 is 4.19. The lowest BCUT2D eigenvalue weighted by molar-refractivity contribution is 0.122. The number of thiol groups is 1. The Morgan fingerprint density at radius 2 is 1.72 bits per heavy atom. The van der Waals surface area contributed by atoms with Gasteiger partial charge in [0, 0.05) is 18.8 Å². The molecule has 94 valence electrons. The molecule has 0 amide bonds. The molecule has 0 atom stereocenters. The highest BCUT2D eigenvalue weighted by molar-refractivity contribution is 7.80. The Kier molecular flexibility index (Phi) is 3.16. The van der Waals surface area contributed by atoms with Crippen LogP contribution in [0.3, 0.4) is 0 Å². The summed E-state index contributed by atoms with van der Waals surface area (Å²) < 4.78 is 6.93. The van der Waals surface area contributed by atoms with E-state index in [4.69, 9.17) is 4.74 Å². The van der Waals surface area contributed by atoms with Gasteiger partial charge < -0.3 is 9.64 Å². The van der Waals surface area contributed by atoms with Crippen LogP contribution in [0.25, 0.3) is 5.69 Å². The van der Waals surface area contributed by atoms with Gasteiger partial charge in [0.15, 0.2) is 0 Å². The van der Waals surface area contributed by atoms with E-state index >= 15 is 0 Å². The first-order chi connectivity index (χ1) is 8.84. The van der Waals surface area contributed by atoms with E-state index < -0.39 is 0 Å². The van der Waals surface area contributed by atoms with Gasteiger partial charge in [-0.05, 0) is 34.7 Å². The van der Waals surface area contributed by atoms with E-state index in [0.717, 1.165) is 32.0 Å². The Labute approximate surface area is 110 Å². The highest BCUT2D eigenvalue weighted by atomic mass is 32.1. The number of tetrazole rings is 1. The molecule has 1 aromatic carbocycles. The molecule has 0 aliphatic carbocycles. The number of benzene rings is 1. The van der Waals surface area contributed by atoms with Crippen molar-refractivity contribution >= 4 is 18.3 Å². The Bertz CT molecular complexity index is 520. The summed E-state index contributed by atoms with van der Waals surface area (Å²) in [5.74, 6) is 0. The lowest BCUT2D eigenvalue weighted by Gasteiger charge is -2.28. The lowest BCUT2D eigenvalue weighted by Crippen LogP contribution is -2.36. The molecule has 1 aromatic heterocycles. The average Bonchev–Trinajstić information content (AvgIpc) is 2.86. The molecular formula is C11H13N5OS. The van der Waals surface area contributed by atoms with E-state index in [0.29, 0.717) is 5.16 Å². The minimum Gasteiger partial charge on any atom is -0.378 e. The van der Waals surface area contributed by atoms with Crippen molar-refractivity contribution in [1.29, 1.82) is 0 Å². The van der Waals surface area contributed by atoms with E-state index in [2.05, 4.69) is 45.2 Å². The van der Waals surface area contributed by atoms with Gasteiger partial charge in [0.05, 0.1) is 18.9 Å². The number of hydrogen-bond donors (Lipinski definition) is 1. The molecule has 0 radical (unpaired) electrons. The van der Waals surface area contributed by atoms with Gasteiger partial charge in [0.1, 0.15) is 0 Å². The van der Waals surface area contributed by atoms with Crippen molar-refractivity contribution in [3.8, 4) is 5.69 Å². The molecule has 18 heavy (non-hydrogen) atoms. The summed E-state index contributed by atoms with van der Waals surface area (Å²) in [7, 11) is 0. The maximum Gasteiger partial charge on any atom is 0.211 e. The van der Waals surface area contributed by atoms with Crippen molar-refractivity contribution < 1.29 is 4.74 Å². The molecule has 0 saturated carbocycles. The van der Waals surface area contributed by atoms with Crippen LogP contribution < -0.4 is 4.90 Å². The smallest absolute Gasteiger partial charge is 0.211 e. The summed E-state index contributed by atoms with van der Waals surface area (Å²) in [6, 6.07) is 8.10. The van der Waals surface area contributed by atoms with Gasteiger partial charge in [-0.15, -0.1) is 17.7 Å². The topological polar surface area (TPSA) is 56.1 Å². The molecule has 0 N–H and O–H groups in total. The van der Waals surface area contributed by atoms with Crippen molar-refractivity contribution in [2.75, 3.05) is 31.2 Å². The average molecular weight is 263 g/mol. The van der Waals surface area contributed by atoms with Crippen LogP contribution in [0.4, 0.5) is 5.69 Å². The second kappa shape index (κ2) is 4.95. The van der Waals surface area contributed by atoms with Gasteiger partial charge in [-0.2, -0.15) is 4.68 Å². The summed E-state index contributed by atoms with van der Waals surface area (Å²) in [6.07, 6.45) is 0. The number of hydrogen-bond acceptors (Lipinski definition) is 6. The zero-order chi connectivity index (χ0) is 12.4. The molecule has 2 aromatic rings. The quantitative estimate of drug-likeness (QED) is 0.812. The maximum atomic E-state index is 5.34. The molecule has 6 nitrogen and oxygen atoms in total. The molecule has 0 spiro atoms.